The van der Waals surface area contributed by atoms with Gasteiger partial charge >= 0.3 is 0 Å². The van der Waals surface area contributed by atoms with E-state index in [4.69, 9.17) is 15.0 Å². The minimum absolute atomic E-state index is 0.00113. The van der Waals surface area contributed by atoms with Crippen LogP contribution in [0.5, 0.6) is 0 Å². The molecule has 0 bridgehead atoms. The summed E-state index contributed by atoms with van der Waals surface area (Å²) in [4.78, 5) is 14.7. The molecule has 0 saturated heterocycles. The van der Waals surface area contributed by atoms with E-state index in [1.54, 1.807) is 0 Å². The fourth-order valence-corrected chi connectivity index (χ4v) is 5.68. The van der Waals surface area contributed by atoms with E-state index in [0.717, 1.165) is 22.3 Å². The molecule has 39 heavy (non-hydrogen) atoms. The van der Waals surface area contributed by atoms with Gasteiger partial charge < -0.3 is 0 Å². The predicted molar refractivity (Wildman–Crippen MR) is 159 cm³/mol. The largest absolute Gasteiger partial charge is 0.208 e. The zero-order valence-electron chi connectivity index (χ0n) is 22.0. The van der Waals surface area contributed by atoms with Crippen LogP contribution in [0.3, 0.4) is 0 Å². The predicted octanol–water partition coefficient (Wildman–Crippen LogP) is 8.85. The smallest absolute Gasteiger partial charge is 0.164 e. The van der Waals surface area contributed by atoms with Gasteiger partial charge in [0.2, 0.25) is 0 Å². The Bertz CT molecular complexity index is 1760. The highest BCUT2D eigenvalue weighted by Crippen LogP contribution is 2.49. The molecule has 0 fully saturated rings. The van der Waals surface area contributed by atoms with Gasteiger partial charge in [0.25, 0.3) is 0 Å². The van der Waals surface area contributed by atoms with E-state index in [9.17, 15) is 0 Å². The molecule has 0 aliphatic heterocycles. The molecular formula is C36H27N3. The van der Waals surface area contributed by atoms with E-state index in [1.807, 2.05) is 60.7 Å². The Morgan fingerprint density at radius 3 is 1.54 bits per heavy atom. The quantitative estimate of drug-likeness (QED) is 0.242. The molecule has 6 aromatic rings. The summed E-state index contributed by atoms with van der Waals surface area (Å²) < 4.78 is 0. The monoisotopic (exact) mass is 501 g/mol. The van der Waals surface area contributed by atoms with Crippen LogP contribution < -0.4 is 0 Å². The van der Waals surface area contributed by atoms with Crippen molar-refractivity contribution >= 4 is 0 Å². The molecular weight excluding hydrogens is 474 g/mol. The molecule has 7 rings (SSSR count). The molecule has 1 aliphatic carbocycles. The molecule has 1 aromatic heterocycles. The maximum Gasteiger partial charge on any atom is 0.164 e. The molecule has 0 radical (unpaired) electrons. The van der Waals surface area contributed by atoms with Crippen LogP contribution in [0.25, 0.3) is 56.4 Å². The Balaban J connectivity index is 1.35. The van der Waals surface area contributed by atoms with E-state index in [-0.39, 0.29) is 5.41 Å². The van der Waals surface area contributed by atoms with Crippen LogP contribution >= 0.6 is 0 Å². The lowest BCUT2D eigenvalue weighted by Gasteiger charge is -2.21. The van der Waals surface area contributed by atoms with E-state index in [1.165, 1.54) is 27.8 Å². The summed E-state index contributed by atoms with van der Waals surface area (Å²) in [6.45, 7) is 4.63. The normalized spacial score (nSPS) is 13.1. The number of nitrogens with zero attached hydrogens (tertiary/aromatic N) is 3. The molecule has 0 amide bonds. The molecule has 0 atom stereocenters. The molecule has 1 heterocycles. The Kier molecular flexibility index (Phi) is 5.45. The lowest BCUT2D eigenvalue weighted by atomic mass is 9.82. The first-order valence-electron chi connectivity index (χ1n) is 13.3. The SMILES string of the molecule is CC1(C)c2ccccc2-c2cc(-c3cccc(-c4nc(-c5ccccc5)nc(-c5ccccc5)n4)c3)ccc21. The van der Waals surface area contributed by atoms with Gasteiger partial charge in [-0.05, 0) is 45.5 Å². The summed E-state index contributed by atoms with van der Waals surface area (Å²) in [6.07, 6.45) is 0. The summed E-state index contributed by atoms with van der Waals surface area (Å²) >= 11 is 0. The first-order chi connectivity index (χ1) is 19.1. The second-order valence-corrected chi connectivity index (χ2v) is 10.6. The van der Waals surface area contributed by atoms with Crippen molar-refractivity contribution in [3.8, 4) is 56.4 Å². The van der Waals surface area contributed by atoms with Crippen molar-refractivity contribution in [3.05, 3.63) is 139 Å². The van der Waals surface area contributed by atoms with Gasteiger partial charge in [-0.2, -0.15) is 0 Å². The Hall–Kier alpha value is -4.89. The Labute approximate surface area is 228 Å². The molecule has 5 aromatic carbocycles. The average Bonchev–Trinajstić information content (AvgIpc) is 3.24. The van der Waals surface area contributed by atoms with Gasteiger partial charge in [0.15, 0.2) is 17.5 Å². The van der Waals surface area contributed by atoms with Crippen molar-refractivity contribution in [2.24, 2.45) is 0 Å². The van der Waals surface area contributed by atoms with Gasteiger partial charge in [0.05, 0.1) is 0 Å². The summed E-state index contributed by atoms with van der Waals surface area (Å²) in [6, 6.07) is 44.3. The molecule has 0 N–H and O–H groups in total. The zero-order chi connectivity index (χ0) is 26.4. The standard InChI is InChI=1S/C36H27N3/c1-36(2)31-19-10-9-18-29(31)30-23-27(20-21-32(30)36)26-16-11-17-28(22-26)35-38-33(24-12-5-3-6-13-24)37-34(39-35)25-14-7-4-8-15-25/h3-23H,1-2H3. The number of benzene rings is 5. The van der Waals surface area contributed by atoms with Crippen molar-refractivity contribution < 1.29 is 0 Å². The second-order valence-electron chi connectivity index (χ2n) is 10.6. The lowest BCUT2D eigenvalue weighted by molar-refractivity contribution is 0.660. The van der Waals surface area contributed by atoms with Crippen LogP contribution in [0.1, 0.15) is 25.0 Å². The van der Waals surface area contributed by atoms with Crippen LogP contribution in [0, 0.1) is 0 Å². The zero-order valence-corrected chi connectivity index (χ0v) is 22.0. The minimum atomic E-state index is -0.00113. The van der Waals surface area contributed by atoms with Gasteiger partial charge in [0.1, 0.15) is 0 Å². The highest BCUT2D eigenvalue weighted by atomic mass is 15.0. The van der Waals surface area contributed by atoms with Crippen LogP contribution in [0.2, 0.25) is 0 Å². The van der Waals surface area contributed by atoms with Crippen molar-refractivity contribution in [2.75, 3.05) is 0 Å². The third kappa shape index (κ3) is 4.04. The van der Waals surface area contributed by atoms with Gasteiger partial charge in [-0.25, -0.2) is 15.0 Å². The fourth-order valence-electron chi connectivity index (χ4n) is 5.68. The maximum absolute atomic E-state index is 4.92. The van der Waals surface area contributed by atoms with Crippen LogP contribution in [-0.2, 0) is 5.41 Å². The van der Waals surface area contributed by atoms with E-state index >= 15 is 0 Å². The molecule has 1 aliphatic rings. The topological polar surface area (TPSA) is 38.7 Å². The number of aromatic nitrogens is 3. The third-order valence-corrected chi connectivity index (χ3v) is 7.74. The van der Waals surface area contributed by atoms with Crippen molar-refractivity contribution in [3.63, 3.8) is 0 Å². The van der Waals surface area contributed by atoms with Gasteiger partial charge in [-0.15, -0.1) is 0 Å². The van der Waals surface area contributed by atoms with Crippen LogP contribution in [-0.4, -0.2) is 15.0 Å². The van der Waals surface area contributed by atoms with Gasteiger partial charge in [-0.1, -0.05) is 129 Å². The Morgan fingerprint density at radius 1 is 0.385 bits per heavy atom. The van der Waals surface area contributed by atoms with E-state index in [2.05, 4.69) is 80.6 Å². The van der Waals surface area contributed by atoms with Crippen LogP contribution in [0.15, 0.2) is 127 Å². The highest BCUT2D eigenvalue weighted by molar-refractivity contribution is 5.85. The van der Waals surface area contributed by atoms with Crippen molar-refractivity contribution in [2.45, 2.75) is 19.3 Å². The average molecular weight is 502 g/mol. The molecule has 3 nitrogen and oxygen atoms in total. The third-order valence-electron chi connectivity index (χ3n) is 7.74. The van der Waals surface area contributed by atoms with Gasteiger partial charge in [-0.3, -0.25) is 0 Å². The Morgan fingerprint density at radius 2 is 0.872 bits per heavy atom. The number of hydrogen-bond donors (Lipinski definition) is 0. The molecule has 186 valence electrons. The van der Waals surface area contributed by atoms with E-state index < -0.39 is 0 Å². The number of fused-ring (bicyclic) bond motifs is 3. The lowest BCUT2D eigenvalue weighted by Crippen LogP contribution is -2.14. The highest BCUT2D eigenvalue weighted by Gasteiger charge is 2.35. The maximum atomic E-state index is 4.92. The summed E-state index contributed by atoms with van der Waals surface area (Å²) in [5, 5.41) is 0. The van der Waals surface area contributed by atoms with E-state index in [0.29, 0.717) is 17.5 Å². The number of hydrogen-bond acceptors (Lipinski definition) is 3. The second kappa shape index (κ2) is 9.14. The number of rotatable bonds is 4. The summed E-state index contributed by atoms with van der Waals surface area (Å²) in [5.41, 5.74) is 10.6. The van der Waals surface area contributed by atoms with Crippen LogP contribution in [0.4, 0.5) is 0 Å². The molecule has 0 spiro atoms. The molecule has 0 unspecified atom stereocenters. The fraction of sp³-hybridized carbons (Fsp3) is 0.0833. The summed E-state index contributed by atoms with van der Waals surface area (Å²) in [5.74, 6) is 2.00. The van der Waals surface area contributed by atoms with Gasteiger partial charge in [0, 0.05) is 22.1 Å². The minimum Gasteiger partial charge on any atom is -0.208 e. The van der Waals surface area contributed by atoms with Crippen molar-refractivity contribution in [1.29, 1.82) is 0 Å². The molecule has 3 heteroatoms. The first-order valence-corrected chi connectivity index (χ1v) is 13.3. The molecule has 0 saturated carbocycles. The van der Waals surface area contributed by atoms with Crippen molar-refractivity contribution in [1.82, 2.24) is 15.0 Å². The summed E-state index contributed by atoms with van der Waals surface area (Å²) in [7, 11) is 0. The first kappa shape index (κ1) is 23.2.